The average molecular weight is 464 g/mol. The number of nitriles is 1. The Kier molecular flexibility index (Phi) is 3.95. The van der Waals surface area contributed by atoms with Gasteiger partial charge in [-0.25, -0.2) is 0 Å². The first-order chi connectivity index (χ1) is 14.8. The van der Waals surface area contributed by atoms with E-state index >= 15 is 8.78 Å². The number of halogens is 6. The molecule has 164 valence electrons. The zero-order chi connectivity index (χ0) is 23.3. The number of fused-ring (bicyclic) bond motifs is 4. The molecule has 1 aromatic carbocycles. The molecule has 2 aliphatic carbocycles. The van der Waals surface area contributed by atoms with Crippen LogP contribution >= 0.6 is 11.8 Å². The highest BCUT2D eigenvalue weighted by Crippen LogP contribution is 2.73. The predicted molar refractivity (Wildman–Crippen MR) is 110 cm³/mol. The Hall–Kier alpha value is -2.73. The van der Waals surface area contributed by atoms with Crippen LogP contribution in [0.1, 0.15) is 25.0 Å². The van der Waals surface area contributed by atoms with E-state index in [1.807, 2.05) is 6.07 Å². The fourth-order valence-electron chi connectivity index (χ4n) is 4.79. The van der Waals surface area contributed by atoms with Gasteiger partial charge in [-0.05, 0) is 49.3 Å². The Labute approximate surface area is 183 Å². The van der Waals surface area contributed by atoms with Gasteiger partial charge in [0.1, 0.15) is 0 Å². The minimum atomic E-state index is -5.59. The highest BCUT2D eigenvalue weighted by molar-refractivity contribution is 8.10. The van der Waals surface area contributed by atoms with Crippen LogP contribution in [-0.4, -0.2) is 28.7 Å². The van der Waals surface area contributed by atoms with E-state index in [4.69, 9.17) is 5.26 Å². The minimum absolute atomic E-state index is 0.258. The first-order valence-electron chi connectivity index (χ1n) is 9.60. The van der Waals surface area contributed by atoms with Gasteiger partial charge in [0.2, 0.25) is 0 Å². The van der Waals surface area contributed by atoms with E-state index < -0.39 is 44.8 Å². The summed E-state index contributed by atoms with van der Waals surface area (Å²) in [5.41, 5.74) is -3.85. The molecule has 2 aliphatic heterocycles. The molecule has 2 atom stereocenters. The van der Waals surface area contributed by atoms with Crippen molar-refractivity contribution in [3.05, 3.63) is 76.0 Å². The van der Waals surface area contributed by atoms with E-state index in [9.17, 15) is 17.6 Å². The second-order valence-corrected chi connectivity index (χ2v) is 9.87. The van der Waals surface area contributed by atoms with E-state index in [-0.39, 0.29) is 5.57 Å². The molecule has 0 N–H and O–H groups in total. The number of nitrogens with zero attached hydrogens (tertiary/aromatic N) is 2. The van der Waals surface area contributed by atoms with Crippen molar-refractivity contribution in [2.24, 2.45) is 10.4 Å². The number of benzene rings is 1. The van der Waals surface area contributed by atoms with Gasteiger partial charge in [0, 0.05) is 22.1 Å². The summed E-state index contributed by atoms with van der Waals surface area (Å²) in [6.07, 6.45) is 5.49. The van der Waals surface area contributed by atoms with Crippen LogP contribution in [0.15, 0.2) is 69.9 Å². The summed E-state index contributed by atoms with van der Waals surface area (Å²) in [4.78, 5) is 4.39. The Bertz CT molecular complexity index is 1260. The van der Waals surface area contributed by atoms with Crippen LogP contribution in [0.2, 0.25) is 0 Å². The molecule has 2 heterocycles. The van der Waals surface area contributed by atoms with Gasteiger partial charge in [0.25, 0.3) is 0 Å². The lowest BCUT2D eigenvalue weighted by Gasteiger charge is -2.48. The van der Waals surface area contributed by atoms with Crippen molar-refractivity contribution in [1.82, 2.24) is 0 Å². The fourth-order valence-corrected chi connectivity index (χ4v) is 6.31. The number of aliphatic imine (C=N–C) groups is 1. The van der Waals surface area contributed by atoms with Gasteiger partial charge in [-0.15, -0.1) is 11.8 Å². The van der Waals surface area contributed by atoms with Crippen LogP contribution in [0, 0.1) is 16.7 Å². The molecule has 0 amide bonds. The molecule has 0 radical (unpaired) electrons. The molecule has 0 saturated heterocycles. The van der Waals surface area contributed by atoms with Crippen molar-refractivity contribution < 1.29 is 26.3 Å². The van der Waals surface area contributed by atoms with E-state index in [2.05, 4.69) is 4.99 Å². The van der Waals surface area contributed by atoms with E-state index in [0.29, 0.717) is 16.0 Å². The summed E-state index contributed by atoms with van der Waals surface area (Å²) < 4.78 is 87.5. The molecule has 32 heavy (non-hydrogen) atoms. The monoisotopic (exact) mass is 464 g/mol. The van der Waals surface area contributed by atoms with Crippen molar-refractivity contribution in [2.45, 2.75) is 36.4 Å². The van der Waals surface area contributed by atoms with Crippen molar-refractivity contribution in [3.8, 4) is 6.07 Å². The Morgan fingerprint density at radius 2 is 1.56 bits per heavy atom. The summed E-state index contributed by atoms with van der Waals surface area (Å²) >= 11 is 1.14. The molecule has 1 fully saturated rings. The van der Waals surface area contributed by atoms with E-state index in [1.54, 1.807) is 32.1 Å². The maximum Gasteiger partial charge on any atom is 0.380 e. The second kappa shape index (κ2) is 5.98. The van der Waals surface area contributed by atoms with Gasteiger partial charge in [0.15, 0.2) is 0 Å². The van der Waals surface area contributed by atoms with Crippen molar-refractivity contribution in [1.29, 1.82) is 5.26 Å². The largest absolute Gasteiger partial charge is 0.380 e. The van der Waals surface area contributed by atoms with Gasteiger partial charge in [-0.2, -0.15) is 31.6 Å². The molecule has 2 unspecified atom stereocenters. The topological polar surface area (TPSA) is 36.1 Å². The van der Waals surface area contributed by atoms with Gasteiger partial charge in [-0.1, -0.05) is 18.2 Å². The molecule has 0 aromatic heterocycles. The number of hydrogen-bond donors (Lipinski definition) is 0. The van der Waals surface area contributed by atoms with Crippen molar-refractivity contribution >= 4 is 22.9 Å². The van der Waals surface area contributed by atoms with Crippen molar-refractivity contribution in [3.63, 3.8) is 0 Å². The maximum atomic E-state index is 15.0. The number of allylic oxidation sites excluding steroid dienone is 5. The third-order valence-electron chi connectivity index (χ3n) is 6.78. The third kappa shape index (κ3) is 2.16. The SMILES string of the molecule is CC12C=CC=NC1=C1C(=C3C=C(c4ccc(C#N)cc4)SC32C)C(F)(F)C(F)(F)C1(F)F. The van der Waals surface area contributed by atoms with Crippen molar-refractivity contribution in [2.75, 3.05) is 0 Å². The predicted octanol–water partition coefficient (Wildman–Crippen LogP) is 6.54. The molecule has 9 heteroatoms. The van der Waals surface area contributed by atoms with E-state index in [1.165, 1.54) is 24.3 Å². The number of alkyl halides is 6. The standard InChI is InChI=1S/C23H14F6N2S/c1-19-8-3-9-31-18(19)17-16(21(24,25)23(28,29)22(17,26)27)14-10-15(32-20(14,19)2)13-6-4-12(11-30)5-7-13/h3-10H,1-2H3. The van der Waals surface area contributed by atoms with E-state index in [0.717, 1.165) is 18.0 Å². The van der Waals surface area contributed by atoms with Crippen LogP contribution in [0.4, 0.5) is 26.3 Å². The van der Waals surface area contributed by atoms with Crippen LogP contribution in [0.3, 0.4) is 0 Å². The maximum absolute atomic E-state index is 15.0. The first kappa shape index (κ1) is 21.1. The van der Waals surface area contributed by atoms with Gasteiger partial charge in [-0.3, -0.25) is 4.99 Å². The molecule has 4 aliphatic rings. The number of rotatable bonds is 1. The van der Waals surface area contributed by atoms with Gasteiger partial charge < -0.3 is 0 Å². The smallest absolute Gasteiger partial charge is 0.260 e. The highest BCUT2D eigenvalue weighted by Gasteiger charge is 2.84. The molecular weight excluding hydrogens is 450 g/mol. The molecule has 2 nitrogen and oxygen atoms in total. The van der Waals surface area contributed by atoms with Gasteiger partial charge in [0.05, 0.1) is 27.6 Å². The van der Waals surface area contributed by atoms with Gasteiger partial charge >= 0.3 is 17.8 Å². The lowest BCUT2D eigenvalue weighted by molar-refractivity contribution is -0.258. The van der Waals surface area contributed by atoms with Crippen LogP contribution in [0.25, 0.3) is 4.91 Å². The van der Waals surface area contributed by atoms with Crippen LogP contribution in [-0.2, 0) is 0 Å². The zero-order valence-electron chi connectivity index (χ0n) is 16.7. The fraction of sp³-hybridized carbons (Fsp3) is 0.304. The quantitative estimate of drug-likeness (QED) is 0.443. The molecule has 1 aromatic rings. The summed E-state index contributed by atoms with van der Waals surface area (Å²) in [6, 6.07) is 8.25. The molecular formula is C23H14F6N2S. The minimum Gasteiger partial charge on any atom is -0.260 e. The third-order valence-corrected chi connectivity index (χ3v) is 8.40. The second-order valence-electron chi connectivity index (χ2n) is 8.41. The zero-order valence-corrected chi connectivity index (χ0v) is 17.5. The highest BCUT2D eigenvalue weighted by atomic mass is 32.2. The molecule has 0 spiro atoms. The summed E-state index contributed by atoms with van der Waals surface area (Å²) in [7, 11) is 0. The Morgan fingerprint density at radius 1 is 0.938 bits per heavy atom. The molecule has 0 bridgehead atoms. The Balaban J connectivity index is 1.85. The van der Waals surface area contributed by atoms with Crippen LogP contribution < -0.4 is 0 Å². The molecule has 5 rings (SSSR count). The Morgan fingerprint density at radius 3 is 2.19 bits per heavy atom. The summed E-state index contributed by atoms with van der Waals surface area (Å²) in [5.74, 6) is -15.8. The summed E-state index contributed by atoms with van der Waals surface area (Å²) in [6.45, 7) is 3.13. The summed E-state index contributed by atoms with van der Waals surface area (Å²) in [5, 5.41) is 9.00. The lowest BCUT2D eigenvalue weighted by Crippen LogP contribution is -2.47. The lowest BCUT2D eigenvalue weighted by atomic mass is 9.63. The number of dihydropyridines is 1. The normalized spacial score (nSPS) is 32.9. The average Bonchev–Trinajstić information content (AvgIpc) is 3.15. The number of hydrogen-bond acceptors (Lipinski definition) is 3. The van der Waals surface area contributed by atoms with Crippen LogP contribution in [0.5, 0.6) is 0 Å². The number of thioether (sulfide) groups is 1. The first-order valence-corrected chi connectivity index (χ1v) is 10.4. The molecule has 1 saturated carbocycles.